The van der Waals surface area contributed by atoms with Gasteiger partial charge in [-0.1, -0.05) is 48.6 Å². The number of aliphatic hydroxyl groups is 2. The van der Waals surface area contributed by atoms with Crippen LogP contribution in [0.1, 0.15) is 51.4 Å². The normalized spacial score (nSPS) is 14.7. The summed E-state index contributed by atoms with van der Waals surface area (Å²) in [7, 11) is 0. The van der Waals surface area contributed by atoms with Gasteiger partial charge in [-0.3, -0.25) is 9.59 Å². The van der Waals surface area contributed by atoms with Crippen LogP contribution < -0.4 is 0 Å². The molecular weight excluding hydrogens is 336 g/mol. The maximum absolute atomic E-state index is 10.4. The molecule has 0 saturated carbocycles. The summed E-state index contributed by atoms with van der Waals surface area (Å²) in [6.45, 7) is 0. The first kappa shape index (κ1) is 23.8. The quantitative estimate of drug-likeness (QED) is 0.201. The first-order chi connectivity index (χ1) is 12.4. The second-order valence-electron chi connectivity index (χ2n) is 5.92. The van der Waals surface area contributed by atoms with Gasteiger partial charge in [0.05, 0.1) is 12.2 Å². The van der Waals surface area contributed by atoms with E-state index >= 15 is 0 Å². The van der Waals surface area contributed by atoms with Gasteiger partial charge in [0.25, 0.3) is 0 Å². The molecule has 6 nitrogen and oxygen atoms in total. The fourth-order valence-electron chi connectivity index (χ4n) is 2.04. The average molecular weight is 366 g/mol. The summed E-state index contributed by atoms with van der Waals surface area (Å²) in [5, 5.41) is 36.4. The minimum absolute atomic E-state index is 0.0537. The Balaban J connectivity index is 3.80. The highest BCUT2D eigenvalue weighted by atomic mass is 16.4. The second-order valence-corrected chi connectivity index (χ2v) is 5.92. The number of rotatable bonds is 15. The zero-order valence-electron chi connectivity index (χ0n) is 15.0. The molecule has 0 heterocycles. The van der Waals surface area contributed by atoms with E-state index in [1.54, 1.807) is 36.5 Å². The number of aliphatic carboxylic acids is 2. The molecule has 0 aromatic carbocycles. The summed E-state index contributed by atoms with van der Waals surface area (Å²) in [6.07, 6.45) is 16.6. The molecule has 2 atom stereocenters. The van der Waals surface area contributed by atoms with Gasteiger partial charge in [-0.05, 0) is 38.5 Å². The third kappa shape index (κ3) is 18.2. The van der Waals surface area contributed by atoms with Gasteiger partial charge >= 0.3 is 11.9 Å². The van der Waals surface area contributed by atoms with Gasteiger partial charge in [0.2, 0.25) is 0 Å². The Kier molecular flexibility index (Phi) is 14.9. The molecule has 0 rings (SSSR count). The Hall–Kier alpha value is -2.18. The van der Waals surface area contributed by atoms with Crippen LogP contribution in [0.2, 0.25) is 0 Å². The number of carbonyl (C=O) groups is 2. The van der Waals surface area contributed by atoms with E-state index in [4.69, 9.17) is 10.2 Å². The van der Waals surface area contributed by atoms with Crippen LogP contribution in [0.15, 0.2) is 48.6 Å². The molecule has 0 fully saturated rings. The van der Waals surface area contributed by atoms with E-state index in [2.05, 4.69) is 0 Å². The van der Waals surface area contributed by atoms with Gasteiger partial charge in [-0.2, -0.15) is 0 Å². The van der Waals surface area contributed by atoms with Gasteiger partial charge in [0.1, 0.15) is 0 Å². The van der Waals surface area contributed by atoms with E-state index in [1.165, 1.54) is 0 Å². The molecule has 4 N–H and O–H groups in total. The van der Waals surface area contributed by atoms with Crippen molar-refractivity contribution in [1.29, 1.82) is 0 Å². The van der Waals surface area contributed by atoms with Crippen LogP contribution >= 0.6 is 0 Å². The number of hydrogen-bond acceptors (Lipinski definition) is 4. The topological polar surface area (TPSA) is 115 Å². The largest absolute Gasteiger partial charge is 0.481 e. The minimum Gasteiger partial charge on any atom is -0.481 e. The second kappa shape index (κ2) is 16.3. The number of allylic oxidation sites excluding steroid dienone is 5. The third-order valence-electron chi connectivity index (χ3n) is 3.45. The zero-order chi connectivity index (χ0) is 19.6. The van der Waals surface area contributed by atoms with Gasteiger partial charge in [0.15, 0.2) is 0 Å². The monoisotopic (exact) mass is 366 g/mol. The minimum atomic E-state index is -0.863. The molecule has 6 heteroatoms. The summed E-state index contributed by atoms with van der Waals surface area (Å²) in [4.78, 5) is 20.7. The zero-order valence-corrected chi connectivity index (χ0v) is 15.0. The highest BCUT2D eigenvalue weighted by molar-refractivity contribution is 5.66. The molecular formula is C20H30O6. The Morgan fingerprint density at radius 2 is 1.31 bits per heavy atom. The first-order valence-corrected chi connectivity index (χ1v) is 8.88. The Labute approximate surface area is 154 Å². The molecule has 0 spiro atoms. The third-order valence-corrected chi connectivity index (χ3v) is 3.45. The predicted molar refractivity (Wildman–Crippen MR) is 101 cm³/mol. The van der Waals surface area contributed by atoms with Gasteiger partial charge < -0.3 is 20.4 Å². The van der Waals surface area contributed by atoms with E-state index in [1.807, 2.05) is 12.2 Å². The van der Waals surface area contributed by atoms with Crippen molar-refractivity contribution in [2.24, 2.45) is 0 Å². The molecule has 0 unspecified atom stereocenters. The van der Waals surface area contributed by atoms with Crippen molar-refractivity contribution < 1.29 is 30.0 Å². The van der Waals surface area contributed by atoms with E-state index in [-0.39, 0.29) is 12.8 Å². The van der Waals surface area contributed by atoms with Crippen molar-refractivity contribution in [3.63, 3.8) is 0 Å². The summed E-state index contributed by atoms with van der Waals surface area (Å²) in [5.41, 5.74) is 0. The Morgan fingerprint density at radius 1 is 0.731 bits per heavy atom. The molecule has 0 aliphatic heterocycles. The van der Waals surface area contributed by atoms with Crippen LogP contribution in [0.4, 0.5) is 0 Å². The maximum Gasteiger partial charge on any atom is 0.303 e. The van der Waals surface area contributed by atoms with E-state index in [9.17, 15) is 19.8 Å². The number of unbranched alkanes of at least 4 members (excludes halogenated alkanes) is 2. The lowest BCUT2D eigenvalue weighted by Crippen LogP contribution is -2.03. The number of carboxylic acids is 2. The lowest BCUT2D eigenvalue weighted by atomic mass is 10.1. The lowest BCUT2D eigenvalue weighted by Gasteiger charge is -2.02. The van der Waals surface area contributed by atoms with Crippen LogP contribution in [0.25, 0.3) is 0 Å². The van der Waals surface area contributed by atoms with Crippen molar-refractivity contribution in [3.8, 4) is 0 Å². The van der Waals surface area contributed by atoms with E-state index < -0.39 is 24.1 Å². The first-order valence-electron chi connectivity index (χ1n) is 8.88. The van der Waals surface area contributed by atoms with Crippen LogP contribution in [0, 0.1) is 0 Å². The molecule has 0 aliphatic rings. The highest BCUT2D eigenvalue weighted by Gasteiger charge is 2.01. The smallest absolute Gasteiger partial charge is 0.303 e. The summed E-state index contributed by atoms with van der Waals surface area (Å²) in [6, 6.07) is 0. The molecule has 0 amide bonds. The number of hydrogen-bond donors (Lipinski definition) is 4. The van der Waals surface area contributed by atoms with Crippen LogP contribution in [-0.2, 0) is 9.59 Å². The van der Waals surface area contributed by atoms with Gasteiger partial charge in [-0.15, -0.1) is 0 Å². The van der Waals surface area contributed by atoms with E-state index in [0.29, 0.717) is 25.7 Å². The van der Waals surface area contributed by atoms with Gasteiger partial charge in [0, 0.05) is 12.8 Å². The van der Waals surface area contributed by atoms with Crippen LogP contribution in [-0.4, -0.2) is 44.6 Å². The van der Waals surface area contributed by atoms with Crippen LogP contribution in [0.5, 0.6) is 0 Å². The Morgan fingerprint density at radius 3 is 1.92 bits per heavy atom. The molecule has 0 radical (unpaired) electrons. The molecule has 0 saturated heterocycles. The molecule has 0 bridgehead atoms. The molecule has 0 aliphatic carbocycles. The summed E-state index contributed by atoms with van der Waals surface area (Å²) in [5.74, 6) is -1.64. The maximum atomic E-state index is 10.4. The van der Waals surface area contributed by atoms with Crippen molar-refractivity contribution in [1.82, 2.24) is 0 Å². The fourth-order valence-corrected chi connectivity index (χ4v) is 2.04. The summed E-state index contributed by atoms with van der Waals surface area (Å²) < 4.78 is 0. The average Bonchev–Trinajstić information content (AvgIpc) is 2.56. The Bertz CT molecular complexity index is 504. The van der Waals surface area contributed by atoms with Crippen molar-refractivity contribution in [3.05, 3.63) is 48.6 Å². The summed E-state index contributed by atoms with van der Waals surface area (Å²) >= 11 is 0. The molecule has 0 aromatic heterocycles. The van der Waals surface area contributed by atoms with Crippen molar-refractivity contribution in [2.45, 2.75) is 63.6 Å². The fraction of sp³-hybridized carbons (Fsp3) is 0.500. The number of carboxylic acid groups (broad SMARTS) is 2. The van der Waals surface area contributed by atoms with Crippen molar-refractivity contribution in [2.75, 3.05) is 0 Å². The SMILES string of the molecule is O=C(O)CCCC/C=C/C[C@@H](O)/C=C/C=C/C=C\[C@@H](O)CCCC(=O)O. The standard InChI is InChI=1S/C20H30O6/c21-17(11-6-2-1-3-9-15-19(23)24)12-7-4-5-8-13-18(22)14-10-16-20(25)26/h2,4-8,12-13,17-18,21-22H,1,3,9-11,14-16H2,(H,23,24)(H,25,26)/b5-4+,6-2+,12-7+,13-8-/t17-,18-/m1/s1. The van der Waals surface area contributed by atoms with Gasteiger partial charge in [-0.25, -0.2) is 0 Å². The predicted octanol–water partition coefficient (Wildman–Crippen LogP) is 3.22. The highest BCUT2D eigenvalue weighted by Crippen LogP contribution is 2.04. The number of aliphatic hydroxyl groups excluding tert-OH is 2. The van der Waals surface area contributed by atoms with E-state index in [0.717, 1.165) is 12.8 Å². The molecule has 146 valence electrons. The molecule has 26 heavy (non-hydrogen) atoms. The van der Waals surface area contributed by atoms with Crippen molar-refractivity contribution >= 4 is 11.9 Å². The lowest BCUT2D eigenvalue weighted by molar-refractivity contribution is -0.138. The molecule has 0 aromatic rings. The van der Waals surface area contributed by atoms with Crippen LogP contribution in [0.3, 0.4) is 0 Å².